The molecule has 0 saturated carbocycles. The largest absolute Gasteiger partial charge is 0.482 e. The zero-order valence-corrected chi connectivity index (χ0v) is 9.86. The smallest absolute Gasteiger partial charge is 0.344 e. The standard InChI is InChI=1S/C12H15NO4/c1-8-4-3-5-10(9(8)2)16-7-12(15)17-6-11(13)14/h3-5H,6-7H2,1-2H3,(H2,13,14). The van der Waals surface area contributed by atoms with Crippen LogP contribution in [0, 0.1) is 13.8 Å². The van der Waals surface area contributed by atoms with E-state index in [2.05, 4.69) is 4.74 Å². The van der Waals surface area contributed by atoms with Crippen molar-refractivity contribution in [2.75, 3.05) is 13.2 Å². The van der Waals surface area contributed by atoms with Crippen LogP contribution >= 0.6 is 0 Å². The maximum Gasteiger partial charge on any atom is 0.344 e. The first-order valence-electron chi connectivity index (χ1n) is 5.13. The highest BCUT2D eigenvalue weighted by atomic mass is 16.6. The van der Waals surface area contributed by atoms with Crippen LogP contribution in [0.1, 0.15) is 11.1 Å². The Morgan fingerprint density at radius 1 is 1.24 bits per heavy atom. The molecule has 92 valence electrons. The first kappa shape index (κ1) is 13.0. The highest BCUT2D eigenvalue weighted by Gasteiger charge is 2.08. The third kappa shape index (κ3) is 4.14. The minimum absolute atomic E-state index is 0.239. The van der Waals surface area contributed by atoms with Crippen molar-refractivity contribution in [3.63, 3.8) is 0 Å². The number of rotatable bonds is 5. The van der Waals surface area contributed by atoms with Crippen molar-refractivity contribution in [2.45, 2.75) is 13.8 Å². The zero-order chi connectivity index (χ0) is 12.8. The summed E-state index contributed by atoms with van der Waals surface area (Å²) in [6.07, 6.45) is 0. The number of hydrogen-bond donors (Lipinski definition) is 1. The maximum atomic E-state index is 11.2. The van der Waals surface area contributed by atoms with Gasteiger partial charge >= 0.3 is 5.97 Å². The van der Waals surface area contributed by atoms with E-state index in [0.717, 1.165) is 11.1 Å². The minimum Gasteiger partial charge on any atom is -0.482 e. The summed E-state index contributed by atoms with van der Waals surface area (Å²) >= 11 is 0. The molecule has 1 rings (SSSR count). The Kier molecular flexibility index (Phi) is 4.51. The Morgan fingerprint density at radius 2 is 1.94 bits per heavy atom. The van der Waals surface area contributed by atoms with Gasteiger partial charge in [-0.1, -0.05) is 12.1 Å². The molecule has 0 aromatic heterocycles. The second-order valence-electron chi connectivity index (χ2n) is 3.61. The fraction of sp³-hybridized carbons (Fsp3) is 0.333. The summed E-state index contributed by atoms with van der Waals surface area (Å²) in [7, 11) is 0. The average Bonchev–Trinajstić information content (AvgIpc) is 2.28. The number of carbonyl (C=O) groups excluding carboxylic acids is 2. The normalized spacial score (nSPS) is 9.76. The van der Waals surface area contributed by atoms with Gasteiger partial charge in [0.05, 0.1) is 0 Å². The summed E-state index contributed by atoms with van der Waals surface area (Å²) in [6, 6.07) is 5.56. The number of nitrogens with two attached hydrogens (primary N) is 1. The van der Waals surface area contributed by atoms with E-state index in [1.54, 1.807) is 6.07 Å². The van der Waals surface area contributed by atoms with Gasteiger partial charge in [-0.15, -0.1) is 0 Å². The molecule has 0 aliphatic rings. The number of primary amides is 1. The molecule has 0 heterocycles. The van der Waals surface area contributed by atoms with E-state index in [1.807, 2.05) is 26.0 Å². The molecule has 1 aromatic rings. The highest BCUT2D eigenvalue weighted by molar-refractivity contribution is 5.79. The van der Waals surface area contributed by atoms with Crippen LogP contribution < -0.4 is 10.5 Å². The van der Waals surface area contributed by atoms with Crippen molar-refractivity contribution in [3.8, 4) is 5.75 Å². The van der Waals surface area contributed by atoms with Gasteiger partial charge in [0.25, 0.3) is 5.91 Å². The Bertz CT molecular complexity index is 429. The minimum atomic E-state index is -0.690. The molecule has 0 bridgehead atoms. The molecule has 0 atom stereocenters. The van der Waals surface area contributed by atoms with Crippen LogP contribution in [-0.2, 0) is 14.3 Å². The van der Waals surface area contributed by atoms with Crippen molar-refractivity contribution < 1.29 is 19.1 Å². The van der Waals surface area contributed by atoms with Crippen molar-refractivity contribution in [1.82, 2.24) is 0 Å². The van der Waals surface area contributed by atoms with Gasteiger partial charge in [-0.25, -0.2) is 4.79 Å². The first-order chi connectivity index (χ1) is 8.00. The van der Waals surface area contributed by atoms with Gasteiger partial charge in [0, 0.05) is 0 Å². The summed E-state index contributed by atoms with van der Waals surface area (Å²) in [5.41, 5.74) is 6.88. The van der Waals surface area contributed by atoms with E-state index in [9.17, 15) is 9.59 Å². The summed E-state index contributed by atoms with van der Waals surface area (Å²) in [5, 5.41) is 0. The molecule has 5 heteroatoms. The third-order valence-corrected chi connectivity index (χ3v) is 2.28. The molecule has 5 nitrogen and oxygen atoms in total. The maximum absolute atomic E-state index is 11.2. The molecule has 1 aromatic carbocycles. The molecule has 1 amide bonds. The van der Waals surface area contributed by atoms with Crippen molar-refractivity contribution in [3.05, 3.63) is 29.3 Å². The molecule has 0 aliphatic heterocycles. The number of hydrogen-bond acceptors (Lipinski definition) is 4. The quantitative estimate of drug-likeness (QED) is 0.765. The van der Waals surface area contributed by atoms with Crippen LogP contribution in [0.4, 0.5) is 0 Å². The lowest BCUT2D eigenvalue weighted by atomic mass is 10.1. The summed E-state index contributed by atoms with van der Waals surface area (Å²) in [6.45, 7) is 3.19. The predicted octanol–water partition coefficient (Wildman–Crippen LogP) is 0.711. The van der Waals surface area contributed by atoms with Crippen LogP contribution in [-0.4, -0.2) is 25.1 Å². The number of aryl methyl sites for hydroxylation is 1. The Balaban J connectivity index is 2.47. The summed E-state index contributed by atoms with van der Waals surface area (Å²) in [5.74, 6) is -0.684. The van der Waals surface area contributed by atoms with Crippen LogP contribution in [0.25, 0.3) is 0 Å². The fourth-order valence-corrected chi connectivity index (χ4v) is 1.21. The van der Waals surface area contributed by atoms with E-state index in [0.29, 0.717) is 5.75 Å². The van der Waals surface area contributed by atoms with E-state index in [1.165, 1.54) is 0 Å². The highest BCUT2D eigenvalue weighted by Crippen LogP contribution is 2.20. The van der Waals surface area contributed by atoms with Crippen LogP contribution in [0.3, 0.4) is 0 Å². The third-order valence-electron chi connectivity index (χ3n) is 2.28. The van der Waals surface area contributed by atoms with Gasteiger partial charge in [-0.05, 0) is 31.0 Å². The van der Waals surface area contributed by atoms with Crippen LogP contribution in [0.5, 0.6) is 5.75 Å². The van der Waals surface area contributed by atoms with Crippen LogP contribution in [0.15, 0.2) is 18.2 Å². The van der Waals surface area contributed by atoms with Gasteiger partial charge < -0.3 is 15.2 Å². The lowest BCUT2D eigenvalue weighted by Gasteiger charge is -2.10. The molecule has 0 unspecified atom stereocenters. The monoisotopic (exact) mass is 237 g/mol. The molecular weight excluding hydrogens is 222 g/mol. The van der Waals surface area contributed by atoms with E-state index in [-0.39, 0.29) is 6.61 Å². The van der Waals surface area contributed by atoms with E-state index >= 15 is 0 Å². The Labute approximate surface area is 99.5 Å². The number of carbonyl (C=O) groups is 2. The predicted molar refractivity (Wildman–Crippen MR) is 61.6 cm³/mol. The first-order valence-corrected chi connectivity index (χ1v) is 5.13. The van der Waals surface area contributed by atoms with Crippen LogP contribution in [0.2, 0.25) is 0 Å². The van der Waals surface area contributed by atoms with E-state index < -0.39 is 18.5 Å². The zero-order valence-electron chi connectivity index (χ0n) is 9.86. The SMILES string of the molecule is Cc1cccc(OCC(=O)OCC(N)=O)c1C. The number of benzene rings is 1. The molecule has 0 fully saturated rings. The second-order valence-corrected chi connectivity index (χ2v) is 3.61. The Hall–Kier alpha value is -2.04. The Morgan fingerprint density at radius 3 is 2.59 bits per heavy atom. The second kappa shape index (κ2) is 5.89. The van der Waals surface area contributed by atoms with Gasteiger partial charge in [0.2, 0.25) is 0 Å². The molecular formula is C12H15NO4. The molecule has 0 radical (unpaired) electrons. The number of amides is 1. The fourth-order valence-electron chi connectivity index (χ4n) is 1.21. The summed E-state index contributed by atoms with van der Waals surface area (Å²) in [4.78, 5) is 21.5. The van der Waals surface area contributed by atoms with Gasteiger partial charge in [0.15, 0.2) is 13.2 Å². The van der Waals surface area contributed by atoms with E-state index in [4.69, 9.17) is 10.5 Å². The van der Waals surface area contributed by atoms with Gasteiger partial charge in [-0.3, -0.25) is 4.79 Å². The topological polar surface area (TPSA) is 78.6 Å². The summed E-state index contributed by atoms with van der Waals surface area (Å²) < 4.78 is 9.84. The van der Waals surface area contributed by atoms with Crippen molar-refractivity contribution in [2.24, 2.45) is 5.73 Å². The molecule has 2 N–H and O–H groups in total. The lowest BCUT2D eigenvalue weighted by molar-refractivity contribution is -0.149. The lowest BCUT2D eigenvalue weighted by Crippen LogP contribution is -2.23. The molecule has 0 aliphatic carbocycles. The average molecular weight is 237 g/mol. The molecule has 17 heavy (non-hydrogen) atoms. The molecule has 0 saturated heterocycles. The molecule has 0 spiro atoms. The van der Waals surface area contributed by atoms with Crippen molar-refractivity contribution >= 4 is 11.9 Å². The van der Waals surface area contributed by atoms with Crippen molar-refractivity contribution in [1.29, 1.82) is 0 Å². The van der Waals surface area contributed by atoms with Gasteiger partial charge in [-0.2, -0.15) is 0 Å². The number of esters is 1. The van der Waals surface area contributed by atoms with Gasteiger partial charge in [0.1, 0.15) is 5.75 Å². The number of ether oxygens (including phenoxy) is 2.